The van der Waals surface area contributed by atoms with Crippen LogP contribution in [0.25, 0.3) is 0 Å². The lowest BCUT2D eigenvalue weighted by Crippen LogP contribution is -2.18. The number of rotatable bonds is 2. The molecule has 2 aromatic rings. The van der Waals surface area contributed by atoms with Crippen LogP contribution in [-0.2, 0) is 6.18 Å². The average molecular weight is 316 g/mol. The molecule has 0 saturated carbocycles. The van der Waals surface area contributed by atoms with E-state index in [0.717, 1.165) is 12.1 Å². The van der Waals surface area contributed by atoms with Crippen molar-refractivity contribution < 1.29 is 18.0 Å². The van der Waals surface area contributed by atoms with Gasteiger partial charge in [0.2, 0.25) is 0 Å². The van der Waals surface area contributed by atoms with Gasteiger partial charge in [-0.2, -0.15) is 13.2 Å². The van der Waals surface area contributed by atoms with Gasteiger partial charge in [-0.3, -0.25) is 9.78 Å². The maximum Gasteiger partial charge on any atom is 0.418 e. The van der Waals surface area contributed by atoms with Gasteiger partial charge in [-0.05, 0) is 24.3 Å². The third-order valence-electron chi connectivity index (χ3n) is 2.63. The number of carbonyl (C=O) groups is 1. The first-order chi connectivity index (χ1) is 9.79. The van der Waals surface area contributed by atoms with E-state index in [1.54, 1.807) is 0 Å². The Kier molecular flexibility index (Phi) is 4.04. The maximum absolute atomic E-state index is 12.9. The zero-order valence-corrected chi connectivity index (χ0v) is 11.2. The van der Waals surface area contributed by atoms with Crippen molar-refractivity contribution in [3.63, 3.8) is 0 Å². The van der Waals surface area contributed by atoms with E-state index in [-0.39, 0.29) is 16.3 Å². The van der Waals surface area contributed by atoms with E-state index < -0.39 is 23.3 Å². The van der Waals surface area contributed by atoms with Crippen LogP contribution in [0.2, 0.25) is 5.02 Å². The number of pyridine rings is 1. The first kappa shape index (κ1) is 15.1. The third-order valence-corrected chi connectivity index (χ3v) is 2.87. The Morgan fingerprint density at radius 2 is 2.00 bits per heavy atom. The smallest absolute Gasteiger partial charge is 0.397 e. The van der Waals surface area contributed by atoms with Crippen molar-refractivity contribution in [1.29, 1.82) is 0 Å². The first-order valence-corrected chi connectivity index (χ1v) is 6.04. The fourth-order valence-electron chi connectivity index (χ4n) is 1.66. The Labute approximate surface area is 122 Å². The van der Waals surface area contributed by atoms with E-state index in [2.05, 4.69) is 10.3 Å². The van der Waals surface area contributed by atoms with Crippen molar-refractivity contribution in [3.05, 3.63) is 52.8 Å². The predicted octanol–water partition coefficient (Wildman–Crippen LogP) is 3.59. The molecule has 0 saturated heterocycles. The van der Waals surface area contributed by atoms with E-state index in [9.17, 15) is 18.0 Å². The summed E-state index contributed by atoms with van der Waals surface area (Å²) in [4.78, 5) is 15.7. The number of aromatic nitrogens is 1. The molecule has 3 N–H and O–H groups in total. The standard InChI is InChI=1S/C13H9ClF3N3O/c14-7-1-2-11(9(5-7)13(15,16)17)20-12(21)8-3-4-19-6-10(8)18/h1-6H,18H2,(H,20,21). The minimum absolute atomic E-state index is 0.0353. The number of halogens is 4. The quantitative estimate of drug-likeness (QED) is 0.890. The van der Waals surface area contributed by atoms with E-state index in [1.165, 1.54) is 24.5 Å². The monoisotopic (exact) mass is 315 g/mol. The SMILES string of the molecule is Nc1cnccc1C(=O)Nc1ccc(Cl)cc1C(F)(F)F. The predicted molar refractivity (Wildman–Crippen MR) is 73.1 cm³/mol. The van der Waals surface area contributed by atoms with Gasteiger partial charge in [0.25, 0.3) is 5.91 Å². The second-order valence-corrected chi connectivity index (χ2v) is 4.54. The fraction of sp³-hybridized carbons (Fsp3) is 0.0769. The molecule has 21 heavy (non-hydrogen) atoms. The lowest BCUT2D eigenvalue weighted by molar-refractivity contribution is -0.136. The molecule has 110 valence electrons. The molecule has 0 spiro atoms. The maximum atomic E-state index is 12.9. The van der Waals surface area contributed by atoms with Crippen molar-refractivity contribution >= 4 is 28.9 Å². The largest absolute Gasteiger partial charge is 0.418 e. The number of anilines is 2. The summed E-state index contributed by atoms with van der Waals surface area (Å²) >= 11 is 5.56. The summed E-state index contributed by atoms with van der Waals surface area (Å²) in [7, 11) is 0. The van der Waals surface area contributed by atoms with Gasteiger partial charge in [0.15, 0.2) is 0 Å². The van der Waals surface area contributed by atoms with Crippen molar-refractivity contribution in [2.75, 3.05) is 11.1 Å². The molecule has 0 aliphatic heterocycles. The van der Waals surface area contributed by atoms with E-state index in [4.69, 9.17) is 17.3 Å². The van der Waals surface area contributed by atoms with Crippen molar-refractivity contribution in [3.8, 4) is 0 Å². The minimum atomic E-state index is -4.64. The molecular formula is C13H9ClF3N3O. The summed E-state index contributed by atoms with van der Waals surface area (Å²) in [5, 5.41) is 2.10. The molecule has 1 heterocycles. The first-order valence-electron chi connectivity index (χ1n) is 5.66. The van der Waals surface area contributed by atoms with E-state index in [0.29, 0.717) is 0 Å². The molecular weight excluding hydrogens is 307 g/mol. The summed E-state index contributed by atoms with van der Waals surface area (Å²) in [5.74, 6) is -0.761. The second kappa shape index (κ2) is 5.61. The van der Waals surface area contributed by atoms with Crippen LogP contribution in [0.4, 0.5) is 24.5 Å². The lowest BCUT2D eigenvalue weighted by atomic mass is 10.1. The summed E-state index contributed by atoms with van der Waals surface area (Å²) in [6.07, 6.45) is -2.09. The fourth-order valence-corrected chi connectivity index (χ4v) is 1.84. The highest BCUT2D eigenvalue weighted by Crippen LogP contribution is 2.36. The molecule has 4 nitrogen and oxygen atoms in total. The van der Waals surface area contributed by atoms with Gasteiger partial charge in [-0.25, -0.2) is 0 Å². The Hall–Kier alpha value is -2.28. The van der Waals surface area contributed by atoms with Gasteiger partial charge < -0.3 is 11.1 Å². The summed E-state index contributed by atoms with van der Waals surface area (Å²) in [5.41, 5.74) is 4.23. The lowest BCUT2D eigenvalue weighted by Gasteiger charge is -2.14. The zero-order valence-electron chi connectivity index (χ0n) is 10.4. The van der Waals surface area contributed by atoms with Crippen LogP contribution in [0.15, 0.2) is 36.7 Å². The molecule has 0 fully saturated rings. The Morgan fingerprint density at radius 3 is 2.62 bits per heavy atom. The molecule has 0 unspecified atom stereocenters. The van der Waals surface area contributed by atoms with Crippen LogP contribution >= 0.6 is 11.6 Å². The Bertz CT molecular complexity index is 689. The number of hydrogen-bond donors (Lipinski definition) is 2. The number of amides is 1. The van der Waals surface area contributed by atoms with Crippen molar-refractivity contribution in [1.82, 2.24) is 4.98 Å². The Balaban J connectivity index is 2.36. The molecule has 0 bridgehead atoms. The number of nitrogens with zero attached hydrogens (tertiary/aromatic N) is 1. The number of hydrogen-bond acceptors (Lipinski definition) is 3. The molecule has 0 radical (unpaired) electrons. The number of benzene rings is 1. The van der Waals surface area contributed by atoms with Gasteiger partial charge in [-0.1, -0.05) is 11.6 Å². The zero-order chi connectivity index (χ0) is 15.6. The van der Waals surface area contributed by atoms with E-state index >= 15 is 0 Å². The van der Waals surface area contributed by atoms with Gasteiger partial charge in [0.05, 0.1) is 28.7 Å². The van der Waals surface area contributed by atoms with Gasteiger partial charge in [-0.15, -0.1) is 0 Å². The third kappa shape index (κ3) is 3.43. The molecule has 0 atom stereocenters. The van der Waals surface area contributed by atoms with Crippen LogP contribution in [0.5, 0.6) is 0 Å². The molecule has 1 amide bonds. The summed E-state index contributed by atoms with van der Waals surface area (Å²) in [6.45, 7) is 0. The normalized spacial score (nSPS) is 11.2. The van der Waals surface area contributed by atoms with Gasteiger partial charge in [0.1, 0.15) is 0 Å². The highest BCUT2D eigenvalue weighted by molar-refractivity contribution is 6.30. The van der Waals surface area contributed by atoms with Gasteiger partial charge >= 0.3 is 6.18 Å². The molecule has 1 aromatic heterocycles. The molecule has 1 aromatic carbocycles. The minimum Gasteiger partial charge on any atom is -0.397 e. The van der Waals surface area contributed by atoms with Crippen LogP contribution in [0.3, 0.4) is 0 Å². The second-order valence-electron chi connectivity index (χ2n) is 4.10. The highest BCUT2D eigenvalue weighted by atomic mass is 35.5. The van der Waals surface area contributed by atoms with Crippen LogP contribution in [0.1, 0.15) is 15.9 Å². The number of nitrogens with two attached hydrogens (primary N) is 1. The van der Waals surface area contributed by atoms with Crippen LogP contribution < -0.4 is 11.1 Å². The van der Waals surface area contributed by atoms with Crippen molar-refractivity contribution in [2.45, 2.75) is 6.18 Å². The number of nitrogen functional groups attached to an aromatic ring is 1. The van der Waals surface area contributed by atoms with Crippen molar-refractivity contribution in [2.24, 2.45) is 0 Å². The number of nitrogens with one attached hydrogen (secondary N) is 1. The number of alkyl halides is 3. The molecule has 8 heteroatoms. The van der Waals surface area contributed by atoms with Crippen LogP contribution in [0, 0.1) is 0 Å². The molecule has 0 aliphatic carbocycles. The Morgan fingerprint density at radius 1 is 1.29 bits per heavy atom. The van der Waals surface area contributed by atoms with Gasteiger partial charge in [0, 0.05) is 11.2 Å². The summed E-state index contributed by atoms with van der Waals surface area (Å²) in [6, 6.07) is 4.39. The average Bonchev–Trinajstić information content (AvgIpc) is 2.40. The molecule has 0 aliphatic rings. The molecule has 2 rings (SSSR count). The number of carbonyl (C=O) groups excluding carboxylic acids is 1. The highest BCUT2D eigenvalue weighted by Gasteiger charge is 2.34. The summed E-state index contributed by atoms with van der Waals surface area (Å²) < 4.78 is 38.7. The van der Waals surface area contributed by atoms with Crippen LogP contribution in [-0.4, -0.2) is 10.9 Å². The topological polar surface area (TPSA) is 68.0 Å². The van der Waals surface area contributed by atoms with E-state index in [1.807, 2.05) is 0 Å².